The highest BCUT2D eigenvalue weighted by Crippen LogP contribution is 2.24. The predicted molar refractivity (Wildman–Crippen MR) is 73.9 cm³/mol. The first-order valence-corrected chi connectivity index (χ1v) is 7.69. The third-order valence-electron chi connectivity index (χ3n) is 3.77. The van der Waals surface area contributed by atoms with Gasteiger partial charge in [-0.2, -0.15) is 4.98 Å². The summed E-state index contributed by atoms with van der Waals surface area (Å²) in [7, 11) is 0. The monoisotopic (exact) mass is 278 g/mol. The van der Waals surface area contributed by atoms with Gasteiger partial charge in [0.1, 0.15) is 5.69 Å². The van der Waals surface area contributed by atoms with Crippen molar-refractivity contribution in [3.63, 3.8) is 0 Å². The predicted octanol–water partition coefficient (Wildman–Crippen LogP) is 2.37. The molecule has 0 aliphatic carbocycles. The van der Waals surface area contributed by atoms with Crippen molar-refractivity contribution in [1.82, 2.24) is 20.4 Å². The molecule has 3 rings (SSSR count). The molecule has 6 heteroatoms. The van der Waals surface area contributed by atoms with Crippen LogP contribution < -0.4 is 5.32 Å². The van der Waals surface area contributed by atoms with Crippen LogP contribution in [-0.4, -0.2) is 28.2 Å². The van der Waals surface area contributed by atoms with Gasteiger partial charge in [0.05, 0.1) is 5.51 Å². The average molecular weight is 278 g/mol. The lowest BCUT2D eigenvalue weighted by atomic mass is 9.85. The molecule has 2 aromatic rings. The first-order valence-electron chi connectivity index (χ1n) is 6.75. The fraction of sp³-hybridized carbons (Fsp3) is 0.615. The van der Waals surface area contributed by atoms with Gasteiger partial charge in [-0.1, -0.05) is 12.1 Å². The summed E-state index contributed by atoms with van der Waals surface area (Å²) in [6.07, 6.45) is 3.41. The van der Waals surface area contributed by atoms with Gasteiger partial charge in [-0.05, 0) is 37.8 Å². The number of hydrogen-bond acceptors (Lipinski definition) is 6. The zero-order chi connectivity index (χ0) is 13.1. The average Bonchev–Trinajstić information content (AvgIpc) is 3.10. The third-order valence-corrected chi connectivity index (χ3v) is 4.35. The van der Waals surface area contributed by atoms with Crippen LogP contribution in [0.1, 0.15) is 25.7 Å². The minimum Gasteiger partial charge on any atom is -0.339 e. The molecule has 2 unspecified atom stereocenters. The minimum absolute atomic E-state index is 0.566. The normalized spacial score (nSPS) is 21.4. The molecule has 19 heavy (non-hydrogen) atoms. The van der Waals surface area contributed by atoms with Crippen molar-refractivity contribution in [3.05, 3.63) is 16.8 Å². The topological polar surface area (TPSA) is 63.8 Å². The molecular weight excluding hydrogens is 260 g/mol. The quantitative estimate of drug-likeness (QED) is 0.930. The number of rotatable bonds is 4. The number of thiazole rings is 1. The Labute approximate surface area is 116 Å². The van der Waals surface area contributed by atoms with Crippen LogP contribution in [0.25, 0.3) is 11.5 Å². The van der Waals surface area contributed by atoms with E-state index < -0.39 is 0 Å². The van der Waals surface area contributed by atoms with Crippen molar-refractivity contribution in [2.45, 2.75) is 26.2 Å². The van der Waals surface area contributed by atoms with Gasteiger partial charge in [0.25, 0.3) is 0 Å². The molecule has 1 saturated heterocycles. The van der Waals surface area contributed by atoms with Crippen LogP contribution in [0.15, 0.2) is 15.4 Å². The van der Waals surface area contributed by atoms with E-state index in [1.807, 2.05) is 5.38 Å². The highest BCUT2D eigenvalue weighted by Gasteiger charge is 2.22. The van der Waals surface area contributed by atoms with Crippen LogP contribution in [0.3, 0.4) is 0 Å². The third kappa shape index (κ3) is 3.01. The van der Waals surface area contributed by atoms with Gasteiger partial charge in [-0.3, -0.25) is 0 Å². The molecule has 102 valence electrons. The van der Waals surface area contributed by atoms with Gasteiger partial charge >= 0.3 is 0 Å². The Morgan fingerprint density at radius 3 is 3.26 bits per heavy atom. The Hall–Kier alpha value is -1.27. The fourth-order valence-electron chi connectivity index (χ4n) is 2.57. The van der Waals surface area contributed by atoms with Crippen molar-refractivity contribution < 1.29 is 4.52 Å². The van der Waals surface area contributed by atoms with E-state index in [2.05, 4.69) is 27.4 Å². The first kappa shape index (κ1) is 12.7. The molecule has 2 atom stereocenters. The van der Waals surface area contributed by atoms with Gasteiger partial charge in [0, 0.05) is 11.8 Å². The van der Waals surface area contributed by atoms with Crippen LogP contribution >= 0.6 is 11.3 Å². The molecule has 1 N–H and O–H groups in total. The summed E-state index contributed by atoms with van der Waals surface area (Å²) in [6, 6.07) is 0. The summed E-state index contributed by atoms with van der Waals surface area (Å²) >= 11 is 1.54. The number of nitrogens with one attached hydrogen (secondary N) is 1. The number of nitrogens with zero attached hydrogens (tertiary/aromatic N) is 3. The van der Waals surface area contributed by atoms with E-state index >= 15 is 0 Å². The molecule has 0 radical (unpaired) electrons. The van der Waals surface area contributed by atoms with Crippen LogP contribution in [0.2, 0.25) is 0 Å². The summed E-state index contributed by atoms with van der Waals surface area (Å²) in [5.74, 6) is 2.60. The lowest BCUT2D eigenvalue weighted by Gasteiger charge is -2.27. The standard InChI is InChI=1S/C13H18N4OS/c1-9(10-3-2-4-14-6-10)5-12-16-13(17-18-12)11-7-19-8-15-11/h7-10,14H,2-6H2,1H3. The molecule has 2 aromatic heterocycles. The van der Waals surface area contributed by atoms with E-state index in [0.29, 0.717) is 17.7 Å². The molecule has 1 aliphatic heterocycles. The molecule has 0 aromatic carbocycles. The largest absolute Gasteiger partial charge is 0.339 e. The summed E-state index contributed by atoms with van der Waals surface area (Å²) < 4.78 is 5.33. The van der Waals surface area contributed by atoms with Crippen molar-refractivity contribution >= 4 is 11.3 Å². The Kier molecular flexibility index (Phi) is 3.89. The maximum Gasteiger partial charge on any atom is 0.227 e. The minimum atomic E-state index is 0.566. The van der Waals surface area contributed by atoms with Crippen molar-refractivity contribution in [2.75, 3.05) is 13.1 Å². The van der Waals surface area contributed by atoms with Gasteiger partial charge in [-0.25, -0.2) is 4.98 Å². The second-order valence-corrected chi connectivity index (χ2v) is 5.89. The van der Waals surface area contributed by atoms with Gasteiger partial charge in [0.15, 0.2) is 0 Å². The molecule has 1 aliphatic rings. The Bertz CT molecular complexity index is 504. The smallest absolute Gasteiger partial charge is 0.227 e. The maximum absolute atomic E-state index is 5.33. The second-order valence-electron chi connectivity index (χ2n) is 5.17. The molecule has 0 amide bonds. The van der Waals surface area contributed by atoms with E-state index in [-0.39, 0.29) is 0 Å². The number of aromatic nitrogens is 3. The SMILES string of the molecule is CC(Cc1nc(-c2cscn2)no1)C1CCCNC1. The summed E-state index contributed by atoms with van der Waals surface area (Å²) in [5.41, 5.74) is 2.58. The van der Waals surface area contributed by atoms with Crippen LogP contribution in [-0.2, 0) is 6.42 Å². The first-order chi connectivity index (χ1) is 9.33. The molecular formula is C13H18N4OS. The van der Waals surface area contributed by atoms with E-state index in [1.165, 1.54) is 24.2 Å². The number of piperidine rings is 1. The summed E-state index contributed by atoms with van der Waals surface area (Å²) in [6.45, 7) is 4.52. The Morgan fingerprint density at radius 2 is 2.53 bits per heavy atom. The lowest BCUT2D eigenvalue weighted by molar-refractivity contribution is 0.257. The number of hydrogen-bond donors (Lipinski definition) is 1. The van der Waals surface area contributed by atoms with E-state index in [1.54, 1.807) is 5.51 Å². The van der Waals surface area contributed by atoms with Crippen LogP contribution in [0, 0.1) is 11.8 Å². The lowest BCUT2D eigenvalue weighted by Crippen LogP contribution is -2.33. The Balaban J connectivity index is 1.63. The molecule has 0 spiro atoms. The summed E-state index contributed by atoms with van der Waals surface area (Å²) in [4.78, 5) is 8.63. The fourth-order valence-corrected chi connectivity index (χ4v) is 3.10. The maximum atomic E-state index is 5.33. The van der Waals surface area contributed by atoms with Gasteiger partial charge in [0.2, 0.25) is 11.7 Å². The molecule has 0 saturated carbocycles. The highest BCUT2D eigenvalue weighted by atomic mass is 32.1. The highest BCUT2D eigenvalue weighted by molar-refractivity contribution is 7.07. The van der Waals surface area contributed by atoms with Crippen molar-refractivity contribution in [1.29, 1.82) is 0 Å². The van der Waals surface area contributed by atoms with Crippen molar-refractivity contribution in [3.8, 4) is 11.5 Å². The molecule has 1 fully saturated rings. The summed E-state index contributed by atoms with van der Waals surface area (Å²) in [5, 5.41) is 9.39. The van der Waals surface area contributed by atoms with E-state index in [0.717, 1.165) is 31.1 Å². The van der Waals surface area contributed by atoms with Crippen molar-refractivity contribution in [2.24, 2.45) is 11.8 Å². The second kappa shape index (κ2) is 5.79. The Morgan fingerprint density at radius 1 is 1.58 bits per heavy atom. The zero-order valence-electron chi connectivity index (χ0n) is 11.0. The van der Waals surface area contributed by atoms with Gasteiger partial charge < -0.3 is 9.84 Å². The van der Waals surface area contributed by atoms with Crippen LogP contribution in [0.4, 0.5) is 0 Å². The van der Waals surface area contributed by atoms with E-state index in [9.17, 15) is 0 Å². The zero-order valence-corrected chi connectivity index (χ0v) is 11.8. The van der Waals surface area contributed by atoms with Crippen LogP contribution in [0.5, 0.6) is 0 Å². The molecule has 3 heterocycles. The van der Waals surface area contributed by atoms with E-state index in [4.69, 9.17) is 4.52 Å². The molecule has 0 bridgehead atoms. The molecule has 5 nitrogen and oxygen atoms in total. The van der Waals surface area contributed by atoms with Gasteiger partial charge in [-0.15, -0.1) is 11.3 Å².